The van der Waals surface area contributed by atoms with E-state index in [0.717, 1.165) is 35.4 Å². The Morgan fingerprint density at radius 1 is 1.17 bits per heavy atom. The first kappa shape index (κ1) is 14.0. The normalized spacial score (nSPS) is 13.3. The average Bonchev–Trinajstić information content (AvgIpc) is 2.96. The highest BCUT2D eigenvalue weighted by Gasteiger charge is 2.23. The van der Waals surface area contributed by atoms with Gasteiger partial charge >= 0.3 is 0 Å². The molecular formula is C17H13ClN4O. The first-order chi connectivity index (χ1) is 11.1. The lowest BCUT2D eigenvalue weighted by molar-refractivity contribution is 0.100. The summed E-state index contributed by atoms with van der Waals surface area (Å²) in [6.45, 7) is 0.808. The number of hydrogen-bond donors (Lipinski definition) is 1. The number of fused-ring (bicyclic) bond motifs is 2. The Kier molecular flexibility index (Phi) is 3.16. The van der Waals surface area contributed by atoms with Crippen LogP contribution in [0.2, 0.25) is 5.02 Å². The van der Waals surface area contributed by atoms with Crippen molar-refractivity contribution < 1.29 is 4.79 Å². The van der Waals surface area contributed by atoms with Crippen molar-refractivity contribution in [2.45, 2.75) is 6.42 Å². The standard InChI is InChI=1S/C17H13ClN4O/c18-12-3-1-10-5-6-22(15(10)8-12)17-13-7-11(16(19)23)2-4-14(13)20-9-21-17/h1-4,7-9H,5-6H2,(H2,19,23). The molecule has 6 heteroatoms. The maximum Gasteiger partial charge on any atom is 0.248 e. The van der Waals surface area contributed by atoms with E-state index in [1.807, 2.05) is 18.2 Å². The van der Waals surface area contributed by atoms with E-state index >= 15 is 0 Å². The second-order valence-corrected chi connectivity index (χ2v) is 5.90. The predicted molar refractivity (Wildman–Crippen MR) is 90.2 cm³/mol. The second-order valence-electron chi connectivity index (χ2n) is 5.47. The number of anilines is 2. The van der Waals surface area contributed by atoms with Gasteiger partial charge in [-0.05, 0) is 42.3 Å². The lowest BCUT2D eigenvalue weighted by Crippen LogP contribution is -2.16. The molecule has 1 aromatic heterocycles. The number of amides is 1. The Balaban J connectivity index is 1.92. The molecule has 2 N–H and O–H groups in total. The fourth-order valence-corrected chi connectivity index (χ4v) is 3.15. The Labute approximate surface area is 137 Å². The zero-order valence-corrected chi connectivity index (χ0v) is 12.9. The van der Waals surface area contributed by atoms with Crippen molar-refractivity contribution in [3.63, 3.8) is 0 Å². The Morgan fingerprint density at radius 3 is 2.87 bits per heavy atom. The van der Waals surface area contributed by atoms with Gasteiger partial charge in [0.2, 0.25) is 5.91 Å². The van der Waals surface area contributed by atoms with Crippen molar-refractivity contribution in [1.29, 1.82) is 0 Å². The Morgan fingerprint density at radius 2 is 2.04 bits per heavy atom. The first-order valence-electron chi connectivity index (χ1n) is 7.24. The van der Waals surface area contributed by atoms with Crippen LogP contribution in [0.15, 0.2) is 42.7 Å². The summed E-state index contributed by atoms with van der Waals surface area (Å²) >= 11 is 6.14. The summed E-state index contributed by atoms with van der Waals surface area (Å²) in [6.07, 6.45) is 2.46. The molecule has 0 aliphatic carbocycles. The van der Waals surface area contributed by atoms with Gasteiger partial charge in [-0.25, -0.2) is 9.97 Å². The second kappa shape index (κ2) is 5.21. The molecule has 1 aliphatic rings. The van der Waals surface area contributed by atoms with Gasteiger partial charge in [-0.3, -0.25) is 4.79 Å². The molecule has 0 atom stereocenters. The summed E-state index contributed by atoms with van der Waals surface area (Å²) in [6, 6.07) is 11.1. The summed E-state index contributed by atoms with van der Waals surface area (Å²) in [4.78, 5) is 22.3. The summed E-state index contributed by atoms with van der Waals surface area (Å²) in [7, 11) is 0. The zero-order valence-electron chi connectivity index (χ0n) is 12.2. The van der Waals surface area contributed by atoms with Crippen LogP contribution in [0.5, 0.6) is 0 Å². The quantitative estimate of drug-likeness (QED) is 0.786. The molecule has 0 saturated carbocycles. The van der Waals surface area contributed by atoms with Crippen molar-refractivity contribution in [3.05, 3.63) is 58.9 Å². The van der Waals surface area contributed by atoms with Crippen molar-refractivity contribution in [3.8, 4) is 0 Å². The minimum atomic E-state index is -0.466. The minimum absolute atomic E-state index is 0.444. The molecule has 0 bridgehead atoms. The number of halogens is 1. The molecule has 23 heavy (non-hydrogen) atoms. The maximum atomic E-state index is 11.5. The van der Waals surface area contributed by atoms with Crippen molar-refractivity contribution in [2.75, 3.05) is 11.4 Å². The molecule has 114 valence electrons. The van der Waals surface area contributed by atoms with Crippen LogP contribution in [-0.4, -0.2) is 22.4 Å². The van der Waals surface area contributed by atoms with Gasteiger partial charge in [0, 0.05) is 28.2 Å². The molecule has 3 aromatic rings. The molecule has 0 unspecified atom stereocenters. The lowest BCUT2D eigenvalue weighted by atomic mass is 10.1. The van der Waals surface area contributed by atoms with Gasteiger partial charge < -0.3 is 10.6 Å². The SMILES string of the molecule is NC(=O)c1ccc2ncnc(N3CCc4ccc(Cl)cc43)c2c1. The van der Waals surface area contributed by atoms with Gasteiger partial charge in [0.25, 0.3) is 0 Å². The van der Waals surface area contributed by atoms with Crippen LogP contribution in [0.4, 0.5) is 11.5 Å². The van der Waals surface area contributed by atoms with Crippen LogP contribution < -0.4 is 10.6 Å². The smallest absolute Gasteiger partial charge is 0.248 e. The van der Waals surface area contributed by atoms with E-state index in [-0.39, 0.29) is 0 Å². The number of nitrogens with zero attached hydrogens (tertiary/aromatic N) is 3. The lowest BCUT2D eigenvalue weighted by Gasteiger charge is -2.20. The summed E-state index contributed by atoms with van der Waals surface area (Å²) in [5.74, 6) is 0.297. The molecule has 1 amide bonds. The summed E-state index contributed by atoms with van der Waals surface area (Å²) in [5.41, 5.74) is 8.88. The number of rotatable bonds is 2. The average molecular weight is 325 g/mol. The molecule has 0 radical (unpaired) electrons. The van der Waals surface area contributed by atoms with Crippen LogP contribution in [0.3, 0.4) is 0 Å². The van der Waals surface area contributed by atoms with Crippen LogP contribution in [-0.2, 0) is 6.42 Å². The molecule has 0 fully saturated rings. The van der Waals surface area contributed by atoms with E-state index in [9.17, 15) is 4.79 Å². The van der Waals surface area contributed by atoms with Gasteiger partial charge in [-0.15, -0.1) is 0 Å². The topological polar surface area (TPSA) is 72.1 Å². The van der Waals surface area contributed by atoms with E-state index in [2.05, 4.69) is 14.9 Å². The molecule has 2 aromatic carbocycles. The maximum absolute atomic E-state index is 11.5. The zero-order chi connectivity index (χ0) is 16.0. The molecule has 1 aliphatic heterocycles. The van der Waals surface area contributed by atoms with Gasteiger partial charge in [-0.2, -0.15) is 0 Å². The van der Waals surface area contributed by atoms with Crippen molar-refractivity contribution in [1.82, 2.24) is 9.97 Å². The van der Waals surface area contributed by atoms with Crippen LogP contribution in [0, 0.1) is 0 Å². The number of nitrogens with two attached hydrogens (primary N) is 1. The third-order valence-corrected chi connectivity index (χ3v) is 4.33. The molecule has 0 spiro atoms. The predicted octanol–water partition coefficient (Wildman–Crippen LogP) is 3.08. The van der Waals surface area contributed by atoms with Crippen LogP contribution >= 0.6 is 11.6 Å². The fourth-order valence-electron chi connectivity index (χ4n) is 2.98. The monoisotopic (exact) mass is 324 g/mol. The molecule has 4 rings (SSSR count). The number of primary amides is 1. The van der Waals surface area contributed by atoms with Gasteiger partial charge in [0.1, 0.15) is 12.1 Å². The van der Waals surface area contributed by atoms with Crippen LogP contribution in [0.25, 0.3) is 10.9 Å². The third-order valence-electron chi connectivity index (χ3n) is 4.10. The van der Waals surface area contributed by atoms with E-state index in [1.54, 1.807) is 18.2 Å². The summed E-state index contributed by atoms with van der Waals surface area (Å²) in [5, 5.41) is 1.49. The number of carbonyl (C=O) groups is 1. The van der Waals surface area contributed by atoms with Gasteiger partial charge in [0.05, 0.1) is 5.52 Å². The highest BCUT2D eigenvalue weighted by molar-refractivity contribution is 6.31. The highest BCUT2D eigenvalue weighted by Crippen LogP contribution is 2.37. The number of carbonyl (C=O) groups excluding carboxylic acids is 1. The highest BCUT2D eigenvalue weighted by atomic mass is 35.5. The molecule has 2 heterocycles. The minimum Gasteiger partial charge on any atom is -0.366 e. The Hall–Kier alpha value is -2.66. The van der Waals surface area contributed by atoms with E-state index < -0.39 is 5.91 Å². The Bertz CT molecular complexity index is 941. The van der Waals surface area contributed by atoms with Crippen molar-refractivity contribution >= 4 is 39.9 Å². The van der Waals surface area contributed by atoms with Gasteiger partial charge in [0.15, 0.2) is 0 Å². The van der Waals surface area contributed by atoms with Crippen molar-refractivity contribution in [2.24, 2.45) is 5.73 Å². The fraction of sp³-hybridized carbons (Fsp3) is 0.118. The van der Waals surface area contributed by atoms with Gasteiger partial charge in [-0.1, -0.05) is 17.7 Å². The number of aromatic nitrogens is 2. The molecular weight excluding hydrogens is 312 g/mol. The largest absolute Gasteiger partial charge is 0.366 e. The van der Waals surface area contributed by atoms with E-state index in [0.29, 0.717) is 10.6 Å². The molecule has 0 saturated heterocycles. The first-order valence-corrected chi connectivity index (χ1v) is 7.62. The number of benzene rings is 2. The summed E-state index contributed by atoms with van der Waals surface area (Å²) < 4.78 is 0. The number of hydrogen-bond acceptors (Lipinski definition) is 4. The van der Waals surface area contributed by atoms with E-state index in [1.165, 1.54) is 11.9 Å². The molecule has 5 nitrogen and oxygen atoms in total. The van der Waals surface area contributed by atoms with E-state index in [4.69, 9.17) is 17.3 Å². The third kappa shape index (κ3) is 2.29. The van der Waals surface area contributed by atoms with Crippen LogP contribution in [0.1, 0.15) is 15.9 Å².